The molecule has 1 fully saturated rings. The van der Waals surface area contributed by atoms with E-state index in [2.05, 4.69) is 9.88 Å². The number of halogens is 2. The van der Waals surface area contributed by atoms with Gasteiger partial charge in [-0.2, -0.15) is 0 Å². The van der Waals surface area contributed by atoms with E-state index >= 15 is 0 Å². The Kier molecular flexibility index (Phi) is 8.06. The number of carboxylic acids is 1. The zero-order valence-electron chi connectivity index (χ0n) is 16.2. The van der Waals surface area contributed by atoms with Gasteiger partial charge in [-0.1, -0.05) is 17.7 Å². The summed E-state index contributed by atoms with van der Waals surface area (Å²) < 4.78 is 21.7. The van der Waals surface area contributed by atoms with E-state index in [4.69, 9.17) is 21.4 Å². The predicted octanol–water partition coefficient (Wildman–Crippen LogP) is 3.32. The Balaban J connectivity index is 1.58. The fourth-order valence-corrected chi connectivity index (χ4v) is 4.97. The maximum Gasteiger partial charge on any atom is 0.309 e. The molecule has 1 aliphatic rings. The van der Waals surface area contributed by atoms with E-state index in [0.29, 0.717) is 42.8 Å². The van der Waals surface area contributed by atoms with Crippen LogP contribution in [0, 0.1) is 5.82 Å². The second-order valence-corrected chi connectivity index (χ2v) is 9.36. The van der Waals surface area contributed by atoms with Crippen LogP contribution in [0.5, 0.6) is 0 Å². The molecule has 0 aliphatic carbocycles. The molecule has 2 heterocycles. The van der Waals surface area contributed by atoms with E-state index in [1.165, 1.54) is 36.3 Å². The van der Waals surface area contributed by atoms with Crippen molar-refractivity contribution >= 4 is 46.8 Å². The zero-order valence-corrected chi connectivity index (χ0v) is 18.6. The van der Waals surface area contributed by atoms with Gasteiger partial charge in [-0.25, -0.2) is 9.37 Å². The number of carboxylic acid groups (broad SMARTS) is 1. The Morgan fingerprint density at radius 1 is 1.50 bits per heavy atom. The maximum absolute atomic E-state index is 13.7. The van der Waals surface area contributed by atoms with Crippen molar-refractivity contribution in [1.82, 2.24) is 14.2 Å². The number of aliphatic carboxylic acids is 1. The third-order valence-corrected chi connectivity index (χ3v) is 6.76. The lowest BCUT2D eigenvalue weighted by Crippen LogP contribution is -2.46. The molecule has 0 unspecified atom stereocenters. The molecule has 162 valence electrons. The number of benzene rings is 1. The number of carbonyl (C=O) groups excluding carboxylic acids is 1. The first kappa shape index (κ1) is 23.0. The molecule has 1 saturated heterocycles. The largest absolute Gasteiger partial charge is 0.481 e. The third-order valence-electron chi connectivity index (χ3n) is 4.39. The number of morpholine rings is 1. The van der Waals surface area contributed by atoms with Crippen LogP contribution in [-0.4, -0.2) is 63.5 Å². The Morgan fingerprint density at radius 2 is 2.30 bits per heavy atom. The second-order valence-electron chi connectivity index (χ2n) is 6.82. The van der Waals surface area contributed by atoms with E-state index in [-0.39, 0.29) is 23.5 Å². The molecule has 1 N–H and O–H groups in total. The highest BCUT2D eigenvalue weighted by Crippen LogP contribution is 2.28. The van der Waals surface area contributed by atoms with E-state index in [1.807, 2.05) is 0 Å². The summed E-state index contributed by atoms with van der Waals surface area (Å²) in [6, 6.07) is 4.78. The molecule has 0 radical (unpaired) electrons. The minimum absolute atomic E-state index is 0.0985. The molecular formula is C19H21ClFN3O4S2. The van der Waals surface area contributed by atoms with E-state index in [1.54, 1.807) is 21.8 Å². The zero-order chi connectivity index (χ0) is 21.7. The molecular weight excluding hydrogens is 453 g/mol. The average Bonchev–Trinajstić information content (AvgIpc) is 3.10. The summed E-state index contributed by atoms with van der Waals surface area (Å²) in [6.07, 6.45) is -0.353. The fourth-order valence-electron chi connectivity index (χ4n) is 3.01. The van der Waals surface area contributed by atoms with Crippen molar-refractivity contribution < 1.29 is 23.8 Å². The number of ether oxygens (including phenoxy) is 1. The highest BCUT2D eigenvalue weighted by Gasteiger charge is 2.25. The Morgan fingerprint density at radius 3 is 3.00 bits per heavy atom. The molecule has 1 atom stereocenters. The number of thiazole rings is 1. The molecule has 11 heteroatoms. The number of hydrogen-bond donors (Lipinski definition) is 1. The summed E-state index contributed by atoms with van der Waals surface area (Å²) in [5, 5.41) is 10.6. The summed E-state index contributed by atoms with van der Waals surface area (Å²) in [4.78, 5) is 29.3. The molecule has 0 saturated carbocycles. The lowest BCUT2D eigenvalue weighted by Gasteiger charge is -2.35. The van der Waals surface area contributed by atoms with Crippen LogP contribution in [0.2, 0.25) is 5.02 Å². The van der Waals surface area contributed by atoms with Crippen LogP contribution in [0.4, 0.5) is 4.39 Å². The smallest absolute Gasteiger partial charge is 0.309 e. The first-order valence-corrected chi connectivity index (χ1v) is 11.2. The molecule has 0 spiro atoms. The van der Waals surface area contributed by atoms with Crippen molar-refractivity contribution in [1.29, 1.82) is 0 Å². The van der Waals surface area contributed by atoms with E-state index in [9.17, 15) is 14.0 Å². The molecule has 2 aromatic rings. The van der Waals surface area contributed by atoms with Gasteiger partial charge in [0.2, 0.25) is 5.91 Å². The molecule has 30 heavy (non-hydrogen) atoms. The van der Waals surface area contributed by atoms with Crippen LogP contribution in [0.1, 0.15) is 18.2 Å². The SMILES string of the molecule is CC(=O)N(C[C@@H]1CN(Cc2ccc(Cl)c(F)c2)CCO1)Sc1nc(CC(=O)O)cs1. The van der Waals surface area contributed by atoms with Crippen LogP contribution in [0.25, 0.3) is 0 Å². The Bertz CT molecular complexity index is 914. The molecule has 7 nitrogen and oxygen atoms in total. The highest BCUT2D eigenvalue weighted by molar-refractivity contribution is 7.99. The molecule has 1 amide bonds. The summed E-state index contributed by atoms with van der Waals surface area (Å²) in [7, 11) is 0. The molecule has 1 aliphatic heterocycles. The third kappa shape index (κ3) is 6.64. The van der Waals surface area contributed by atoms with Crippen LogP contribution in [-0.2, 0) is 27.3 Å². The molecule has 3 rings (SSSR count). The van der Waals surface area contributed by atoms with Crippen molar-refractivity contribution in [2.24, 2.45) is 0 Å². The lowest BCUT2D eigenvalue weighted by atomic mass is 10.2. The normalized spacial score (nSPS) is 17.1. The lowest BCUT2D eigenvalue weighted by molar-refractivity contribution is -0.136. The quantitative estimate of drug-likeness (QED) is 0.589. The maximum atomic E-state index is 13.7. The number of aromatic nitrogens is 1. The van der Waals surface area contributed by atoms with Crippen molar-refractivity contribution in [3.63, 3.8) is 0 Å². The van der Waals surface area contributed by atoms with E-state index < -0.39 is 11.8 Å². The minimum atomic E-state index is -0.948. The van der Waals surface area contributed by atoms with Gasteiger partial charge in [-0.05, 0) is 17.7 Å². The van der Waals surface area contributed by atoms with Gasteiger partial charge in [-0.3, -0.25) is 18.8 Å². The summed E-state index contributed by atoms with van der Waals surface area (Å²) in [6.45, 7) is 4.20. The first-order chi connectivity index (χ1) is 14.3. The topological polar surface area (TPSA) is 83.0 Å². The minimum Gasteiger partial charge on any atom is -0.481 e. The first-order valence-electron chi connectivity index (χ1n) is 9.20. The second kappa shape index (κ2) is 10.5. The number of nitrogens with zero attached hydrogens (tertiary/aromatic N) is 3. The number of rotatable bonds is 8. The summed E-state index contributed by atoms with van der Waals surface area (Å²) >= 11 is 8.23. The van der Waals surface area contributed by atoms with Crippen LogP contribution in [0.3, 0.4) is 0 Å². The number of amides is 1. The van der Waals surface area contributed by atoms with Gasteiger partial charge in [0.1, 0.15) is 5.82 Å². The highest BCUT2D eigenvalue weighted by atomic mass is 35.5. The van der Waals surface area contributed by atoms with Gasteiger partial charge in [0.25, 0.3) is 0 Å². The van der Waals surface area contributed by atoms with E-state index in [0.717, 1.165) is 5.56 Å². The molecule has 0 bridgehead atoms. The molecule has 1 aromatic heterocycles. The average molecular weight is 474 g/mol. The van der Waals surface area contributed by atoms with Gasteiger partial charge in [0.05, 0.1) is 36.4 Å². The number of carbonyl (C=O) groups is 2. The van der Waals surface area contributed by atoms with Gasteiger partial charge in [-0.15, -0.1) is 11.3 Å². The summed E-state index contributed by atoms with van der Waals surface area (Å²) in [5.74, 6) is -1.53. The Hall–Kier alpha value is -1.72. The van der Waals surface area contributed by atoms with Crippen LogP contribution < -0.4 is 0 Å². The van der Waals surface area contributed by atoms with Crippen molar-refractivity contribution in [2.45, 2.75) is 30.3 Å². The monoisotopic (exact) mass is 473 g/mol. The number of hydrogen-bond acceptors (Lipinski definition) is 7. The Labute approximate surface area is 186 Å². The van der Waals surface area contributed by atoms with Crippen LogP contribution in [0.15, 0.2) is 27.9 Å². The van der Waals surface area contributed by atoms with Crippen LogP contribution >= 0.6 is 34.9 Å². The van der Waals surface area contributed by atoms with Crippen molar-refractivity contribution in [3.05, 3.63) is 45.7 Å². The van der Waals surface area contributed by atoms with Gasteiger partial charge >= 0.3 is 5.97 Å². The molecule has 1 aromatic carbocycles. The van der Waals surface area contributed by atoms with Gasteiger partial charge in [0, 0.05) is 43.9 Å². The van der Waals surface area contributed by atoms with Gasteiger partial charge in [0.15, 0.2) is 4.34 Å². The predicted molar refractivity (Wildman–Crippen MR) is 113 cm³/mol. The van der Waals surface area contributed by atoms with Gasteiger partial charge < -0.3 is 9.84 Å². The van der Waals surface area contributed by atoms with Crippen molar-refractivity contribution in [3.8, 4) is 0 Å². The fraction of sp³-hybridized carbons (Fsp3) is 0.421. The summed E-state index contributed by atoms with van der Waals surface area (Å²) in [5.41, 5.74) is 1.29. The standard InChI is InChI=1S/C19H21ClFN3O4S2/c1-12(25)24(30-19-22-14(11-29-19)7-18(26)27)10-15-9-23(4-5-28-15)8-13-2-3-16(20)17(21)6-13/h2-3,6,11,15H,4-5,7-10H2,1H3,(H,26,27)/t15-/m0/s1. The van der Waals surface area contributed by atoms with Crippen molar-refractivity contribution in [2.75, 3.05) is 26.2 Å².